The number of piperidine rings is 1. The van der Waals surface area contributed by atoms with Crippen LogP contribution in [0.1, 0.15) is 39.2 Å². The number of ether oxygens (including phenoxy) is 2. The van der Waals surface area contributed by atoms with Crippen LogP contribution >= 0.6 is 15.9 Å². The Morgan fingerprint density at radius 2 is 2.04 bits per heavy atom. The zero-order chi connectivity index (χ0) is 17.0. The summed E-state index contributed by atoms with van der Waals surface area (Å²) in [5.41, 5.74) is 0.664. The third-order valence-corrected chi connectivity index (χ3v) is 4.59. The third kappa shape index (κ3) is 5.68. The van der Waals surface area contributed by atoms with Crippen molar-refractivity contribution >= 4 is 22.0 Å². The van der Waals surface area contributed by atoms with Gasteiger partial charge < -0.3 is 14.4 Å². The number of halogens is 1. The van der Waals surface area contributed by atoms with Crippen molar-refractivity contribution < 1.29 is 14.3 Å². The van der Waals surface area contributed by atoms with Crippen molar-refractivity contribution in [1.82, 2.24) is 9.88 Å². The lowest BCUT2D eigenvalue weighted by Crippen LogP contribution is -2.42. The maximum absolute atomic E-state index is 12.0. The van der Waals surface area contributed by atoms with E-state index in [0.29, 0.717) is 18.4 Å². The predicted molar refractivity (Wildman–Crippen MR) is 92.7 cm³/mol. The number of nitrogens with zero attached hydrogens (tertiary/aromatic N) is 2. The maximum atomic E-state index is 12.0. The molecule has 1 aromatic rings. The van der Waals surface area contributed by atoms with Crippen molar-refractivity contribution in [2.24, 2.45) is 5.92 Å². The predicted octanol–water partition coefficient (Wildman–Crippen LogP) is 4.18. The van der Waals surface area contributed by atoms with Gasteiger partial charge in [0.2, 0.25) is 5.88 Å². The molecule has 5 nitrogen and oxygen atoms in total. The van der Waals surface area contributed by atoms with E-state index in [0.717, 1.165) is 36.0 Å². The molecule has 1 aliphatic rings. The molecule has 6 heteroatoms. The normalized spacial score (nSPS) is 16.3. The van der Waals surface area contributed by atoms with Crippen LogP contribution in [0.3, 0.4) is 0 Å². The minimum atomic E-state index is -0.442. The Labute approximate surface area is 146 Å². The SMILES string of the molecule is Cc1cc(OCC2CCN(C(=O)OC(C)(C)C)CC2)ncc1Br. The molecule has 0 aromatic carbocycles. The monoisotopic (exact) mass is 384 g/mol. The highest BCUT2D eigenvalue weighted by atomic mass is 79.9. The lowest BCUT2D eigenvalue weighted by Gasteiger charge is -2.33. The van der Waals surface area contributed by atoms with Gasteiger partial charge in [0.05, 0.1) is 6.61 Å². The molecule has 1 amide bonds. The smallest absolute Gasteiger partial charge is 0.410 e. The summed E-state index contributed by atoms with van der Waals surface area (Å²) < 4.78 is 12.2. The Morgan fingerprint density at radius 1 is 1.39 bits per heavy atom. The van der Waals surface area contributed by atoms with Gasteiger partial charge in [-0.3, -0.25) is 0 Å². The van der Waals surface area contributed by atoms with Crippen LogP contribution in [0.15, 0.2) is 16.7 Å². The topological polar surface area (TPSA) is 51.7 Å². The fourth-order valence-corrected chi connectivity index (χ4v) is 2.62. The van der Waals surface area contributed by atoms with E-state index in [2.05, 4.69) is 20.9 Å². The van der Waals surface area contributed by atoms with Gasteiger partial charge in [-0.2, -0.15) is 0 Å². The molecule has 1 aliphatic heterocycles. The molecule has 2 rings (SSSR count). The molecular formula is C17H25BrN2O3. The zero-order valence-electron chi connectivity index (χ0n) is 14.3. The number of hydrogen-bond donors (Lipinski definition) is 0. The number of aromatic nitrogens is 1. The average molecular weight is 385 g/mol. The number of likely N-dealkylation sites (tertiary alicyclic amines) is 1. The van der Waals surface area contributed by atoms with E-state index < -0.39 is 5.60 Å². The van der Waals surface area contributed by atoms with Gasteiger partial charge in [0.15, 0.2) is 0 Å². The molecule has 128 valence electrons. The molecule has 0 atom stereocenters. The average Bonchev–Trinajstić information content (AvgIpc) is 2.47. The molecule has 0 saturated carbocycles. The van der Waals surface area contributed by atoms with Crippen LogP contribution in [0.25, 0.3) is 0 Å². The molecular weight excluding hydrogens is 360 g/mol. The molecule has 0 aliphatic carbocycles. The summed E-state index contributed by atoms with van der Waals surface area (Å²) in [6, 6.07) is 1.93. The second kappa shape index (κ2) is 7.51. The second-order valence-corrected chi connectivity index (χ2v) is 7.85. The summed E-state index contributed by atoms with van der Waals surface area (Å²) >= 11 is 3.43. The standard InChI is InChI=1S/C17H25BrN2O3/c1-12-9-15(19-10-14(12)18)22-11-13-5-7-20(8-6-13)16(21)23-17(2,3)4/h9-10,13H,5-8,11H2,1-4H3. The number of amides is 1. The van der Waals surface area contributed by atoms with Gasteiger partial charge in [-0.1, -0.05) is 0 Å². The largest absolute Gasteiger partial charge is 0.477 e. The van der Waals surface area contributed by atoms with Crippen molar-refractivity contribution in [2.75, 3.05) is 19.7 Å². The maximum Gasteiger partial charge on any atom is 0.410 e. The first-order chi connectivity index (χ1) is 10.7. The molecule has 1 fully saturated rings. The van der Waals surface area contributed by atoms with Crippen molar-refractivity contribution in [2.45, 2.75) is 46.1 Å². The number of carbonyl (C=O) groups excluding carboxylic acids is 1. The summed E-state index contributed by atoms with van der Waals surface area (Å²) in [7, 11) is 0. The Kier molecular flexibility index (Phi) is 5.89. The third-order valence-electron chi connectivity index (χ3n) is 3.75. The molecule has 23 heavy (non-hydrogen) atoms. The zero-order valence-corrected chi connectivity index (χ0v) is 15.9. The molecule has 1 saturated heterocycles. The molecule has 0 bridgehead atoms. The van der Waals surface area contributed by atoms with E-state index in [1.165, 1.54) is 0 Å². The van der Waals surface area contributed by atoms with Crippen molar-refractivity contribution in [3.05, 3.63) is 22.3 Å². The van der Waals surface area contributed by atoms with Crippen LogP contribution in [0, 0.1) is 12.8 Å². The summed E-state index contributed by atoms with van der Waals surface area (Å²) in [6.07, 6.45) is 3.39. The summed E-state index contributed by atoms with van der Waals surface area (Å²) in [5.74, 6) is 1.10. The summed E-state index contributed by atoms with van der Waals surface area (Å²) in [4.78, 5) is 18.1. The van der Waals surface area contributed by atoms with Crippen LogP contribution in [0.2, 0.25) is 0 Å². The minimum Gasteiger partial charge on any atom is -0.477 e. The van der Waals surface area contributed by atoms with Crippen LogP contribution in [0.4, 0.5) is 4.79 Å². The van der Waals surface area contributed by atoms with Crippen LogP contribution < -0.4 is 4.74 Å². The molecule has 0 unspecified atom stereocenters. The molecule has 2 heterocycles. The van der Waals surface area contributed by atoms with Crippen LogP contribution in [-0.2, 0) is 4.74 Å². The van der Waals surface area contributed by atoms with E-state index in [4.69, 9.17) is 9.47 Å². The van der Waals surface area contributed by atoms with Gasteiger partial charge in [0, 0.05) is 29.8 Å². The summed E-state index contributed by atoms with van der Waals surface area (Å²) in [5, 5.41) is 0. The van der Waals surface area contributed by atoms with E-state index in [-0.39, 0.29) is 6.09 Å². The van der Waals surface area contributed by atoms with Gasteiger partial charge in [-0.25, -0.2) is 9.78 Å². The molecule has 0 radical (unpaired) electrons. The van der Waals surface area contributed by atoms with Crippen molar-refractivity contribution in [1.29, 1.82) is 0 Å². The minimum absolute atomic E-state index is 0.220. The molecule has 1 aromatic heterocycles. The lowest BCUT2D eigenvalue weighted by molar-refractivity contribution is 0.0164. The van der Waals surface area contributed by atoms with Gasteiger partial charge in [0.25, 0.3) is 0 Å². The van der Waals surface area contributed by atoms with Gasteiger partial charge in [-0.05, 0) is 67.9 Å². The Hall–Kier alpha value is -1.30. The lowest BCUT2D eigenvalue weighted by atomic mass is 9.98. The Bertz CT molecular complexity index is 549. The van der Waals surface area contributed by atoms with Crippen molar-refractivity contribution in [3.8, 4) is 5.88 Å². The highest BCUT2D eigenvalue weighted by Gasteiger charge is 2.27. The van der Waals surface area contributed by atoms with E-state index in [9.17, 15) is 4.79 Å². The first-order valence-electron chi connectivity index (χ1n) is 7.97. The van der Waals surface area contributed by atoms with Crippen LogP contribution in [-0.4, -0.2) is 41.3 Å². The molecule has 0 spiro atoms. The highest BCUT2D eigenvalue weighted by Crippen LogP contribution is 2.22. The van der Waals surface area contributed by atoms with E-state index >= 15 is 0 Å². The van der Waals surface area contributed by atoms with Gasteiger partial charge in [-0.15, -0.1) is 0 Å². The van der Waals surface area contributed by atoms with Crippen LogP contribution in [0.5, 0.6) is 5.88 Å². The second-order valence-electron chi connectivity index (χ2n) is 6.99. The van der Waals surface area contributed by atoms with Gasteiger partial charge in [0.1, 0.15) is 5.60 Å². The van der Waals surface area contributed by atoms with Crippen molar-refractivity contribution in [3.63, 3.8) is 0 Å². The number of hydrogen-bond acceptors (Lipinski definition) is 4. The fraction of sp³-hybridized carbons (Fsp3) is 0.647. The van der Waals surface area contributed by atoms with E-state index in [1.807, 2.05) is 33.8 Å². The highest BCUT2D eigenvalue weighted by molar-refractivity contribution is 9.10. The fourth-order valence-electron chi connectivity index (χ4n) is 2.40. The number of aryl methyl sites for hydroxylation is 1. The Balaban J connectivity index is 1.76. The number of carbonyl (C=O) groups is 1. The summed E-state index contributed by atoms with van der Waals surface area (Å²) in [6.45, 7) is 9.75. The van der Waals surface area contributed by atoms with E-state index in [1.54, 1.807) is 11.1 Å². The molecule has 0 N–H and O–H groups in total. The number of rotatable bonds is 3. The number of pyridine rings is 1. The first kappa shape index (κ1) is 18.0. The van der Waals surface area contributed by atoms with Gasteiger partial charge >= 0.3 is 6.09 Å². The Morgan fingerprint density at radius 3 is 2.61 bits per heavy atom. The first-order valence-corrected chi connectivity index (χ1v) is 8.77. The quantitative estimate of drug-likeness (QED) is 0.784.